The quantitative estimate of drug-likeness (QED) is 0.0383. The lowest BCUT2D eigenvalue weighted by molar-refractivity contribution is -0.941. The van der Waals surface area contributed by atoms with Crippen molar-refractivity contribution >= 4 is 11.9 Å². The van der Waals surface area contributed by atoms with E-state index in [0.29, 0.717) is 92.3 Å². The standard InChI is InChI=1S/C54H74N2O14/c1-34(24-50(57)69-22-15-19-56(3)21-17-37-29-43(60-5)45(62-7)33-40(37)51(56)38-30-48(65-10)53(68-13)49(31-38)66-11)54(58)70-23-14-18-55(2)20-16-36-28-42(59-4)44(61-6)32-39(36)41(55)25-35-26-46(63-8)52(67-12)47(27-35)64-9/h26-34,41,51H,14-25H2,1-13H3/q+2. The van der Waals surface area contributed by atoms with Gasteiger partial charge in [0, 0.05) is 48.8 Å². The number of esters is 2. The Morgan fingerprint density at radius 1 is 0.529 bits per heavy atom. The van der Waals surface area contributed by atoms with Gasteiger partial charge in [-0.05, 0) is 65.2 Å². The lowest BCUT2D eigenvalue weighted by Crippen LogP contribution is -2.52. The molecule has 0 saturated heterocycles. The zero-order valence-electron chi connectivity index (χ0n) is 43.4. The molecule has 0 fully saturated rings. The van der Waals surface area contributed by atoms with Gasteiger partial charge in [0.05, 0.1) is 137 Å². The number of methoxy groups -OCH3 is 10. The van der Waals surface area contributed by atoms with E-state index in [1.165, 1.54) is 11.1 Å². The molecule has 2 aliphatic heterocycles. The third-order valence-corrected chi connectivity index (χ3v) is 14.3. The highest BCUT2D eigenvalue weighted by Gasteiger charge is 2.43. The first-order valence-corrected chi connectivity index (χ1v) is 23.8. The van der Waals surface area contributed by atoms with Crippen LogP contribution in [0.15, 0.2) is 48.5 Å². The molecule has 0 spiro atoms. The number of hydrogen-bond acceptors (Lipinski definition) is 14. The topological polar surface area (TPSA) is 145 Å². The molecule has 0 saturated carbocycles. The van der Waals surface area contributed by atoms with Crippen LogP contribution in [0.4, 0.5) is 0 Å². The molecule has 0 aromatic heterocycles. The maximum absolute atomic E-state index is 13.3. The Morgan fingerprint density at radius 3 is 1.46 bits per heavy atom. The molecule has 70 heavy (non-hydrogen) atoms. The van der Waals surface area contributed by atoms with Crippen LogP contribution >= 0.6 is 0 Å². The van der Waals surface area contributed by atoms with Gasteiger partial charge in [-0.2, -0.15) is 0 Å². The number of nitrogens with zero attached hydrogens (tertiary/aromatic N) is 2. The van der Waals surface area contributed by atoms with Gasteiger partial charge in [0.1, 0.15) is 12.1 Å². The average molecular weight is 975 g/mol. The van der Waals surface area contributed by atoms with Crippen LogP contribution in [0, 0.1) is 5.92 Å². The Hall–Kier alpha value is -6.26. The van der Waals surface area contributed by atoms with Crippen molar-refractivity contribution in [3.8, 4) is 57.5 Å². The zero-order chi connectivity index (χ0) is 50.8. The molecule has 5 unspecified atom stereocenters. The van der Waals surface area contributed by atoms with Gasteiger partial charge in [0.15, 0.2) is 46.0 Å². The fourth-order valence-corrected chi connectivity index (χ4v) is 10.4. The van der Waals surface area contributed by atoms with Crippen LogP contribution in [0.25, 0.3) is 0 Å². The van der Waals surface area contributed by atoms with Crippen molar-refractivity contribution in [3.05, 3.63) is 81.9 Å². The van der Waals surface area contributed by atoms with Crippen molar-refractivity contribution in [2.45, 2.75) is 57.5 Å². The van der Waals surface area contributed by atoms with Gasteiger partial charge >= 0.3 is 11.9 Å². The number of carbonyl (C=O) groups excluding carboxylic acids is 2. The number of rotatable bonds is 24. The number of quaternary nitrogens is 2. The molecule has 2 aliphatic rings. The number of hydrogen-bond donors (Lipinski definition) is 0. The molecular formula is C54H74N2O14+2. The van der Waals surface area contributed by atoms with E-state index in [0.717, 1.165) is 54.7 Å². The molecule has 16 heteroatoms. The molecule has 2 heterocycles. The number of fused-ring (bicyclic) bond motifs is 2. The van der Waals surface area contributed by atoms with Crippen molar-refractivity contribution in [1.29, 1.82) is 0 Å². The monoisotopic (exact) mass is 975 g/mol. The SMILES string of the molecule is COc1cc2c(cc1OC)C(Cc1cc(OC)c(OC)c(OC)c1)[N+](C)(CCCOC(=O)C(C)CC(=O)OCCC[N+]1(C)CCc3cc(OC)c(OC)cc3C1c1cc(OC)c(OC)c(OC)c1)CC2. The van der Waals surface area contributed by atoms with Gasteiger partial charge in [-0.3, -0.25) is 9.59 Å². The molecule has 4 aromatic rings. The Labute approximate surface area is 413 Å². The third kappa shape index (κ3) is 11.3. The van der Waals surface area contributed by atoms with E-state index < -0.39 is 17.9 Å². The van der Waals surface area contributed by atoms with E-state index in [9.17, 15) is 9.59 Å². The van der Waals surface area contributed by atoms with Gasteiger partial charge in [-0.25, -0.2) is 0 Å². The number of benzene rings is 4. The lowest BCUT2D eigenvalue weighted by atomic mass is 9.85. The first-order chi connectivity index (χ1) is 33.7. The van der Waals surface area contributed by atoms with Crippen LogP contribution in [0.2, 0.25) is 0 Å². The summed E-state index contributed by atoms with van der Waals surface area (Å²) in [7, 11) is 20.7. The second-order valence-corrected chi connectivity index (χ2v) is 18.5. The van der Waals surface area contributed by atoms with Crippen molar-refractivity contribution in [2.75, 3.05) is 125 Å². The molecule has 16 nitrogen and oxygen atoms in total. The van der Waals surface area contributed by atoms with Crippen LogP contribution in [0.5, 0.6) is 57.5 Å². The zero-order valence-corrected chi connectivity index (χ0v) is 43.4. The second kappa shape index (κ2) is 23.6. The summed E-state index contributed by atoms with van der Waals surface area (Å²) < 4.78 is 70.0. The van der Waals surface area contributed by atoms with E-state index >= 15 is 0 Å². The fraction of sp³-hybridized carbons (Fsp3) is 0.519. The Balaban J connectivity index is 1.07. The van der Waals surface area contributed by atoms with Crippen molar-refractivity contribution in [1.82, 2.24) is 0 Å². The van der Waals surface area contributed by atoms with Gasteiger partial charge < -0.3 is 65.8 Å². The molecule has 0 amide bonds. The normalized spacial score (nSPS) is 19.6. The Bertz CT molecular complexity index is 2410. The predicted octanol–water partition coefficient (Wildman–Crippen LogP) is 7.74. The summed E-state index contributed by atoms with van der Waals surface area (Å²) in [5.41, 5.74) is 6.62. The highest BCUT2D eigenvalue weighted by Crippen LogP contribution is 2.49. The second-order valence-electron chi connectivity index (χ2n) is 18.5. The van der Waals surface area contributed by atoms with E-state index in [2.05, 4.69) is 38.4 Å². The summed E-state index contributed by atoms with van der Waals surface area (Å²) in [6.45, 7) is 5.21. The number of carbonyl (C=O) groups is 2. The van der Waals surface area contributed by atoms with Crippen molar-refractivity contribution in [2.24, 2.45) is 5.92 Å². The van der Waals surface area contributed by atoms with Crippen molar-refractivity contribution < 1.29 is 75.4 Å². The van der Waals surface area contributed by atoms with Crippen LogP contribution < -0.4 is 47.4 Å². The highest BCUT2D eigenvalue weighted by molar-refractivity contribution is 5.79. The van der Waals surface area contributed by atoms with Gasteiger partial charge in [-0.15, -0.1) is 0 Å². The van der Waals surface area contributed by atoms with Crippen LogP contribution in [0.1, 0.15) is 71.7 Å². The molecule has 382 valence electrons. The molecule has 0 bridgehead atoms. The van der Waals surface area contributed by atoms with Crippen LogP contribution in [-0.2, 0) is 38.3 Å². The smallest absolute Gasteiger partial charge is 0.309 e. The summed E-state index contributed by atoms with van der Waals surface area (Å²) in [5.74, 6) is 4.46. The number of ether oxygens (including phenoxy) is 12. The summed E-state index contributed by atoms with van der Waals surface area (Å²) in [6.07, 6.45) is 3.43. The molecular weight excluding hydrogens is 901 g/mol. The first kappa shape index (κ1) is 53.1. The maximum atomic E-state index is 13.3. The van der Waals surface area contributed by atoms with E-state index in [1.54, 1.807) is 78.0 Å². The van der Waals surface area contributed by atoms with Crippen LogP contribution in [-0.4, -0.2) is 145 Å². The van der Waals surface area contributed by atoms with Gasteiger partial charge in [-0.1, -0.05) is 6.92 Å². The van der Waals surface area contributed by atoms with E-state index in [1.807, 2.05) is 24.3 Å². The lowest BCUT2D eigenvalue weighted by Gasteiger charge is -2.46. The number of likely N-dealkylation sites (N-methyl/N-ethyl adjacent to an activating group) is 2. The molecule has 6 rings (SSSR count). The summed E-state index contributed by atoms with van der Waals surface area (Å²) in [5, 5.41) is 0. The molecule has 5 atom stereocenters. The minimum Gasteiger partial charge on any atom is -0.493 e. The first-order valence-electron chi connectivity index (χ1n) is 23.8. The Kier molecular flexibility index (Phi) is 17.9. The van der Waals surface area contributed by atoms with E-state index in [4.69, 9.17) is 56.8 Å². The van der Waals surface area contributed by atoms with E-state index in [-0.39, 0.29) is 31.7 Å². The average Bonchev–Trinajstić information content (AvgIpc) is 3.37. The van der Waals surface area contributed by atoms with Crippen LogP contribution in [0.3, 0.4) is 0 Å². The summed E-state index contributed by atoms with van der Waals surface area (Å²) in [6, 6.07) is 16.1. The molecule has 0 N–H and O–H groups in total. The van der Waals surface area contributed by atoms with Gasteiger partial charge in [0.25, 0.3) is 0 Å². The van der Waals surface area contributed by atoms with Crippen molar-refractivity contribution in [3.63, 3.8) is 0 Å². The molecule has 0 radical (unpaired) electrons. The minimum absolute atomic E-state index is 0.0130. The third-order valence-electron chi connectivity index (χ3n) is 14.3. The Morgan fingerprint density at radius 2 is 0.957 bits per heavy atom. The molecule has 0 aliphatic carbocycles. The minimum atomic E-state index is -0.672. The maximum Gasteiger partial charge on any atom is 0.309 e. The predicted molar refractivity (Wildman–Crippen MR) is 264 cm³/mol. The summed E-state index contributed by atoms with van der Waals surface area (Å²) >= 11 is 0. The highest BCUT2D eigenvalue weighted by atomic mass is 16.6. The van der Waals surface area contributed by atoms with Gasteiger partial charge in [0.2, 0.25) is 11.5 Å². The summed E-state index contributed by atoms with van der Waals surface area (Å²) in [4.78, 5) is 26.5. The largest absolute Gasteiger partial charge is 0.493 e. The molecule has 4 aromatic carbocycles. The fourth-order valence-electron chi connectivity index (χ4n) is 10.4.